The topological polar surface area (TPSA) is 20.2 Å². The minimum Gasteiger partial charge on any atom is -0.389 e. The van der Waals surface area contributed by atoms with Gasteiger partial charge in [-0.25, -0.2) is 0 Å². The van der Waals surface area contributed by atoms with Crippen LogP contribution in [0.2, 0.25) is 0 Å². The van der Waals surface area contributed by atoms with Gasteiger partial charge in [0.1, 0.15) is 0 Å². The van der Waals surface area contributed by atoms with Crippen LogP contribution in [0.4, 0.5) is 0 Å². The first-order valence-electron chi connectivity index (χ1n) is 8.92. The van der Waals surface area contributed by atoms with Crippen molar-refractivity contribution in [2.24, 2.45) is 0 Å². The summed E-state index contributed by atoms with van der Waals surface area (Å²) in [5, 5.41) is 9.80. The van der Waals surface area contributed by atoms with E-state index < -0.39 is 6.10 Å². The van der Waals surface area contributed by atoms with E-state index in [2.05, 4.69) is 62.5 Å². The van der Waals surface area contributed by atoms with Crippen LogP contribution in [-0.4, -0.2) is 11.2 Å². The summed E-state index contributed by atoms with van der Waals surface area (Å²) in [6.07, 6.45) is 31.7. The number of unbranched alkanes of at least 4 members (excludes halogenated alkanes) is 1. The number of rotatable bonds is 13. The summed E-state index contributed by atoms with van der Waals surface area (Å²) in [6, 6.07) is 0. The van der Waals surface area contributed by atoms with Crippen LogP contribution in [0.3, 0.4) is 0 Å². The maximum atomic E-state index is 9.80. The molecule has 0 radical (unpaired) electrons. The quantitative estimate of drug-likeness (QED) is 0.306. The van der Waals surface area contributed by atoms with Crippen molar-refractivity contribution < 1.29 is 5.11 Å². The van der Waals surface area contributed by atoms with Crippen molar-refractivity contribution in [1.29, 1.82) is 0 Å². The van der Waals surface area contributed by atoms with Crippen LogP contribution in [0, 0.1) is 0 Å². The molecule has 1 unspecified atom stereocenters. The average Bonchev–Trinajstić information content (AvgIpc) is 2.55. The first-order chi connectivity index (χ1) is 11.3. The van der Waals surface area contributed by atoms with Gasteiger partial charge in [0, 0.05) is 0 Å². The third kappa shape index (κ3) is 18.4. The third-order valence-electron chi connectivity index (χ3n) is 3.13. The molecule has 0 aliphatic heterocycles. The van der Waals surface area contributed by atoms with E-state index in [-0.39, 0.29) is 0 Å². The molecule has 0 saturated heterocycles. The predicted octanol–water partition coefficient (Wildman–Crippen LogP) is 6.46. The van der Waals surface area contributed by atoms with E-state index >= 15 is 0 Å². The lowest BCUT2D eigenvalue weighted by atomic mass is 10.2. The van der Waals surface area contributed by atoms with E-state index in [1.54, 1.807) is 0 Å². The van der Waals surface area contributed by atoms with Crippen molar-refractivity contribution in [1.82, 2.24) is 0 Å². The Morgan fingerprint density at radius 2 is 1.30 bits per heavy atom. The number of aliphatic hydroxyl groups is 1. The van der Waals surface area contributed by atoms with Gasteiger partial charge in [-0.1, -0.05) is 93.2 Å². The van der Waals surface area contributed by atoms with Gasteiger partial charge in [-0.3, -0.25) is 0 Å². The monoisotopic (exact) mass is 314 g/mol. The van der Waals surface area contributed by atoms with Crippen LogP contribution in [0.15, 0.2) is 72.9 Å². The van der Waals surface area contributed by atoms with Gasteiger partial charge in [-0.15, -0.1) is 0 Å². The lowest BCUT2D eigenvalue weighted by molar-refractivity contribution is 0.227. The second-order valence-electron chi connectivity index (χ2n) is 5.41. The van der Waals surface area contributed by atoms with Crippen molar-refractivity contribution >= 4 is 0 Å². The molecule has 0 spiro atoms. The Balaban J connectivity index is 3.69. The molecule has 1 atom stereocenters. The standard InChI is InChI=1S/C22H34O/c1-3-5-7-9-11-12-13-15-17-19-21-22(23)20-18-16-14-10-8-6-4-2/h6-9,12-14,16-20,22-23H,3-5,10-11,15,21H2,1-2H3. The molecular formula is C22H34O. The molecule has 0 bridgehead atoms. The minimum atomic E-state index is -0.400. The molecule has 0 heterocycles. The van der Waals surface area contributed by atoms with E-state index in [1.807, 2.05) is 24.3 Å². The Labute approximate surface area is 143 Å². The van der Waals surface area contributed by atoms with Crippen LogP contribution >= 0.6 is 0 Å². The van der Waals surface area contributed by atoms with Crippen molar-refractivity contribution in [2.75, 3.05) is 0 Å². The highest BCUT2D eigenvalue weighted by molar-refractivity contribution is 5.07. The second kappa shape index (κ2) is 18.4. The zero-order valence-corrected chi connectivity index (χ0v) is 14.9. The normalized spacial score (nSPS) is 14.7. The van der Waals surface area contributed by atoms with E-state index in [0.717, 1.165) is 25.7 Å². The SMILES string of the molecule is CCC=CCC=CC=CC(O)CC=CCC=CCC=CCCC. The number of allylic oxidation sites excluding steroid dienone is 10. The van der Waals surface area contributed by atoms with Gasteiger partial charge in [0.2, 0.25) is 0 Å². The van der Waals surface area contributed by atoms with Gasteiger partial charge < -0.3 is 5.11 Å². The van der Waals surface area contributed by atoms with Gasteiger partial charge in [0.05, 0.1) is 6.10 Å². The van der Waals surface area contributed by atoms with Crippen molar-refractivity contribution in [3.05, 3.63) is 72.9 Å². The summed E-state index contributed by atoms with van der Waals surface area (Å²) in [5.74, 6) is 0. The second-order valence-corrected chi connectivity index (χ2v) is 5.41. The molecule has 0 aromatic carbocycles. The minimum absolute atomic E-state index is 0.400. The number of aliphatic hydroxyl groups excluding tert-OH is 1. The zero-order valence-electron chi connectivity index (χ0n) is 14.9. The molecule has 1 N–H and O–H groups in total. The molecule has 128 valence electrons. The molecule has 0 saturated carbocycles. The fourth-order valence-electron chi connectivity index (χ4n) is 1.83. The van der Waals surface area contributed by atoms with Crippen molar-refractivity contribution in [3.8, 4) is 0 Å². The Morgan fingerprint density at radius 3 is 2.00 bits per heavy atom. The maximum Gasteiger partial charge on any atom is 0.0758 e. The van der Waals surface area contributed by atoms with Gasteiger partial charge >= 0.3 is 0 Å². The fourth-order valence-corrected chi connectivity index (χ4v) is 1.83. The molecular weight excluding hydrogens is 280 g/mol. The Morgan fingerprint density at radius 1 is 0.696 bits per heavy atom. The molecule has 0 rings (SSSR count). The number of hydrogen-bond donors (Lipinski definition) is 1. The molecule has 0 fully saturated rings. The van der Waals surface area contributed by atoms with Crippen LogP contribution in [0.5, 0.6) is 0 Å². The van der Waals surface area contributed by atoms with Crippen molar-refractivity contribution in [3.63, 3.8) is 0 Å². The molecule has 1 nitrogen and oxygen atoms in total. The molecule has 23 heavy (non-hydrogen) atoms. The first-order valence-corrected chi connectivity index (χ1v) is 8.92. The highest BCUT2D eigenvalue weighted by Gasteiger charge is 1.92. The zero-order chi connectivity index (χ0) is 17.0. The Kier molecular flexibility index (Phi) is 17.2. The smallest absolute Gasteiger partial charge is 0.0758 e. The summed E-state index contributed by atoms with van der Waals surface area (Å²) < 4.78 is 0. The summed E-state index contributed by atoms with van der Waals surface area (Å²) in [7, 11) is 0. The molecule has 0 aliphatic rings. The summed E-state index contributed by atoms with van der Waals surface area (Å²) >= 11 is 0. The molecule has 0 aromatic heterocycles. The molecule has 0 amide bonds. The average molecular weight is 315 g/mol. The van der Waals surface area contributed by atoms with E-state index in [0.29, 0.717) is 6.42 Å². The number of hydrogen-bond acceptors (Lipinski definition) is 1. The highest BCUT2D eigenvalue weighted by atomic mass is 16.3. The Hall–Kier alpha value is -1.60. The lowest BCUT2D eigenvalue weighted by Gasteiger charge is -1.98. The highest BCUT2D eigenvalue weighted by Crippen LogP contribution is 1.99. The van der Waals surface area contributed by atoms with Gasteiger partial charge in [-0.05, 0) is 38.5 Å². The van der Waals surface area contributed by atoms with E-state index in [1.165, 1.54) is 12.8 Å². The molecule has 0 aliphatic carbocycles. The van der Waals surface area contributed by atoms with Crippen LogP contribution in [0.25, 0.3) is 0 Å². The summed E-state index contributed by atoms with van der Waals surface area (Å²) in [5.41, 5.74) is 0. The Bertz CT molecular complexity index is 408. The predicted molar refractivity (Wildman–Crippen MR) is 105 cm³/mol. The van der Waals surface area contributed by atoms with Crippen LogP contribution < -0.4 is 0 Å². The van der Waals surface area contributed by atoms with Gasteiger partial charge in [0.15, 0.2) is 0 Å². The summed E-state index contributed by atoms with van der Waals surface area (Å²) in [4.78, 5) is 0. The lowest BCUT2D eigenvalue weighted by Crippen LogP contribution is -1.98. The van der Waals surface area contributed by atoms with Gasteiger partial charge in [0.25, 0.3) is 0 Å². The van der Waals surface area contributed by atoms with Gasteiger partial charge in [-0.2, -0.15) is 0 Å². The van der Waals surface area contributed by atoms with Crippen LogP contribution in [-0.2, 0) is 0 Å². The maximum absolute atomic E-state index is 9.80. The largest absolute Gasteiger partial charge is 0.389 e. The fraction of sp³-hybridized carbons (Fsp3) is 0.455. The first kappa shape index (κ1) is 21.4. The third-order valence-corrected chi connectivity index (χ3v) is 3.13. The van der Waals surface area contributed by atoms with E-state index in [4.69, 9.17) is 0 Å². The summed E-state index contributed by atoms with van der Waals surface area (Å²) in [6.45, 7) is 4.32. The molecule has 1 heteroatoms. The van der Waals surface area contributed by atoms with E-state index in [9.17, 15) is 5.11 Å². The van der Waals surface area contributed by atoms with Crippen LogP contribution in [0.1, 0.15) is 58.8 Å². The molecule has 0 aromatic rings. The van der Waals surface area contributed by atoms with Crippen molar-refractivity contribution in [2.45, 2.75) is 64.9 Å².